The van der Waals surface area contributed by atoms with Crippen LogP contribution in [-0.4, -0.2) is 12.0 Å². The Kier molecular flexibility index (Phi) is 4.99. The molecule has 0 heterocycles. The van der Waals surface area contributed by atoms with Crippen LogP contribution in [0.25, 0.3) is 0 Å². The molecule has 1 amide bonds. The highest BCUT2D eigenvalue weighted by molar-refractivity contribution is 5.94. The largest absolute Gasteiger partial charge is 0.481 e. The molecule has 3 heteroatoms. The number of nitrogens with one attached hydrogen (secondary N) is 1. The van der Waals surface area contributed by atoms with Crippen molar-refractivity contribution < 1.29 is 9.53 Å². The van der Waals surface area contributed by atoms with E-state index in [4.69, 9.17) is 4.74 Å². The zero-order chi connectivity index (χ0) is 15.2. The molecule has 21 heavy (non-hydrogen) atoms. The number of benzene rings is 2. The zero-order valence-electron chi connectivity index (χ0n) is 12.7. The van der Waals surface area contributed by atoms with Gasteiger partial charge >= 0.3 is 0 Å². The van der Waals surface area contributed by atoms with Crippen molar-refractivity contribution in [3.63, 3.8) is 0 Å². The molecular formula is C18H21NO2. The van der Waals surface area contributed by atoms with E-state index in [1.54, 1.807) is 0 Å². The smallest absolute Gasteiger partial charge is 0.265 e. The number of hydrogen-bond donors (Lipinski definition) is 1. The lowest BCUT2D eigenvalue weighted by atomic mass is 10.2. The summed E-state index contributed by atoms with van der Waals surface area (Å²) in [6.45, 7) is 5.91. The lowest BCUT2D eigenvalue weighted by molar-refractivity contribution is -0.122. The number of ether oxygens (including phenoxy) is 1. The number of aryl methyl sites for hydroxylation is 2. The Morgan fingerprint density at radius 3 is 2.57 bits per heavy atom. The molecule has 1 N–H and O–H groups in total. The van der Waals surface area contributed by atoms with E-state index in [9.17, 15) is 4.79 Å². The number of anilines is 1. The number of rotatable bonds is 5. The Balaban J connectivity index is 2.07. The van der Waals surface area contributed by atoms with E-state index in [1.807, 2.05) is 69.3 Å². The Hall–Kier alpha value is -2.29. The summed E-state index contributed by atoms with van der Waals surface area (Å²) in [4.78, 5) is 12.3. The minimum Gasteiger partial charge on any atom is -0.481 e. The highest BCUT2D eigenvalue weighted by atomic mass is 16.5. The third kappa shape index (κ3) is 4.09. The van der Waals surface area contributed by atoms with E-state index in [2.05, 4.69) is 5.32 Å². The maximum Gasteiger partial charge on any atom is 0.265 e. The van der Waals surface area contributed by atoms with Gasteiger partial charge in [-0.15, -0.1) is 0 Å². The topological polar surface area (TPSA) is 38.3 Å². The van der Waals surface area contributed by atoms with Gasteiger partial charge in [-0.2, -0.15) is 0 Å². The molecule has 0 saturated carbocycles. The number of para-hydroxylation sites is 1. The standard InChI is InChI=1S/C18H21NO2/c1-4-17(21-15-10-7-8-13(2)12-15)18(20)19-16-11-6-5-9-14(16)3/h5-12,17H,4H2,1-3H3,(H,19,20). The van der Waals surface area contributed by atoms with Crippen LogP contribution in [0.2, 0.25) is 0 Å². The summed E-state index contributed by atoms with van der Waals surface area (Å²) in [6, 6.07) is 15.5. The lowest BCUT2D eigenvalue weighted by Gasteiger charge is -2.18. The van der Waals surface area contributed by atoms with Gasteiger partial charge in [-0.25, -0.2) is 0 Å². The normalized spacial score (nSPS) is 11.8. The third-order valence-electron chi connectivity index (χ3n) is 3.33. The second-order valence-corrected chi connectivity index (χ2v) is 5.14. The summed E-state index contributed by atoms with van der Waals surface area (Å²) in [5.74, 6) is 0.607. The highest BCUT2D eigenvalue weighted by Crippen LogP contribution is 2.18. The number of carbonyl (C=O) groups excluding carboxylic acids is 1. The van der Waals surface area contributed by atoms with Crippen LogP contribution < -0.4 is 10.1 Å². The first kappa shape index (κ1) is 15.1. The van der Waals surface area contributed by atoms with Crippen LogP contribution in [0.1, 0.15) is 24.5 Å². The van der Waals surface area contributed by atoms with Gasteiger partial charge in [0.25, 0.3) is 5.91 Å². The van der Waals surface area contributed by atoms with Gasteiger partial charge in [-0.3, -0.25) is 4.79 Å². The second kappa shape index (κ2) is 6.93. The molecule has 1 unspecified atom stereocenters. The maximum absolute atomic E-state index is 12.3. The molecule has 0 radical (unpaired) electrons. The molecule has 0 aliphatic carbocycles. The third-order valence-corrected chi connectivity index (χ3v) is 3.33. The molecule has 0 spiro atoms. The Morgan fingerprint density at radius 2 is 1.90 bits per heavy atom. The molecule has 2 aromatic carbocycles. The molecule has 3 nitrogen and oxygen atoms in total. The second-order valence-electron chi connectivity index (χ2n) is 5.14. The van der Waals surface area contributed by atoms with Gasteiger partial charge in [0, 0.05) is 5.69 Å². The minimum absolute atomic E-state index is 0.117. The van der Waals surface area contributed by atoms with Crippen molar-refractivity contribution >= 4 is 11.6 Å². The number of amides is 1. The SMILES string of the molecule is CCC(Oc1cccc(C)c1)C(=O)Nc1ccccc1C. The van der Waals surface area contributed by atoms with Crippen molar-refractivity contribution in [2.45, 2.75) is 33.3 Å². The average Bonchev–Trinajstić information content (AvgIpc) is 2.47. The van der Waals surface area contributed by atoms with E-state index in [-0.39, 0.29) is 5.91 Å². The van der Waals surface area contributed by atoms with Crippen LogP contribution >= 0.6 is 0 Å². The summed E-state index contributed by atoms with van der Waals surface area (Å²) in [6.07, 6.45) is 0.123. The van der Waals surface area contributed by atoms with Crippen molar-refractivity contribution in [2.24, 2.45) is 0 Å². The predicted molar refractivity (Wildman–Crippen MR) is 85.7 cm³/mol. The summed E-state index contributed by atoms with van der Waals surface area (Å²) in [7, 11) is 0. The van der Waals surface area contributed by atoms with Crippen LogP contribution in [-0.2, 0) is 4.79 Å². The van der Waals surface area contributed by atoms with Gasteiger partial charge < -0.3 is 10.1 Å². The van der Waals surface area contributed by atoms with Crippen LogP contribution in [0.3, 0.4) is 0 Å². The molecular weight excluding hydrogens is 262 g/mol. The van der Waals surface area contributed by atoms with Gasteiger partial charge in [0.05, 0.1) is 0 Å². The Morgan fingerprint density at radius 1 is 1.14 bits per heavy atom. The first-order valence-electron chi connectivity index (χ1n) is 7.20. The molecule has 110 valence electrons. The van der Waals surface area contributed by atoms with E-state index in [1.165, 1.54) is 0 Å². The molecule has 0 aromatic heterocycles. The van der Waals surface area contributed by atoms with Crippen molar-refractivity contribution in [1.82, 2.24) is 0 Å². The van der Waals surface area contributed by atoms with Crippen LogP contribution in [0.4, 0.5) is 5.69 Å². The quantitative estimate of drug-likeness (QED) is 0.897. The van der Waals surface area contributed by atoms with Gasteiger partial charge in [0.15, 0.2) is 6.10 Å². The molecule has 2 rings (SSSR count). The Bertz CT molecular complexity index is 622. The van der Waals surface area contributed by atoms with Crippen LogP contribution in [0.15, 0.2) is 48.5 Å². The number of carbonyl (C=O) groups is 1. The fourth-order valence-electron chi connectivity index (χ4n) is 2.10. The van der Waals surface area contributed by atoms with E-state index in [0.717, 1.165) is 22.6 Å². The fraction of sp³-hybridized carbons (Fsp3) is 0.278. The highest BCUT2D eigenvalue weighted by Gasteiger charge is 2.19. The van der Waals surface area contributed by atoms with Crippen molar-refractivity contribution in [2.75, 3.05) is 5.32 Å². The first-order chi connectivity index (χ1) is 10.1. The molecule has 1 atom stereocenters. The van der Waals surface area contributed by atoms with Gasteiger partial charge in [-0.1, -0.05) is 37.3 Å². The van der Waals surface area contributed by atoms with Crippen molar-refractivity contribution in [3.8, 4) is 5.75 Å². The number of hydrogen-bond acceptors (Lipinski definition) is 2. The van der Waals surface area contributed by atoms with Crippen LogP contribution in [0.5, 0.6) is 5.75 Å². The molecule has 0 aliphatic rings. The van der Waals surface area contributed by atoms with E-state index >= 15 is 0 Å². The minimum atomic E-state index is -0.494. The summed E-state index contributed by atoms with van der Waals surface area (Å²) in [5.41, 5.74) is 2.98. The fourth-order valence-corrected chi connectivity index (χ4v) is 2.10. The molecule has 2 aromatic rings. The van der Waals surface area contributed by atoms with Crippen molar-refractivity contribution in [3.05, 3.63) is 59.7 Å². The summed E-state index contributed by atoms with van der Waals surface area (Å²) < 4.78 is 5.81. The molecule has 0 fully saturated rings. The molecule has 0 aliphatic heterocycles. The summed E-state index contributed by atoms with van der Waals surface area (Å²) in [5, 5.41) is 2.93. The predicted octanol–water partition coefficient (Wildman–Crippen LogP) is 4.10. The van der Waals surface area contributed by atoms with Gasteiger partial charge in [0.1, 0.15) is 5.75 Å². The maximum atomic E-state index is 12.3. The Labute approximate surface area is 126 Å². The zero-order valence-corrected chi connectivity index (χ0v) is 12.7. The van der Waals surface area contributed by atoms with E-state index < -0.39 is 6.10 Å². The van der Waals surface area contributed by atoms with Crippen molar-refractivity contribution in [1.29, 1.82) is 0 Å². The van der Waals surface area contributed by atoms with Crippen LogP contribution in [0, 0.1) is 13.8 Å². The van der Waals surface area contributed by atoms with E-state index in [0.29, 0.717) is 6.42 Å². The molecule has 0 bridgehead atoms. The average molecular weight is 283 g/mol. The van der Waals surface area contributed by atoms with Gasteiger partial charge in [0.2, 0.25) is 0 Å². The first-order valence-corrected chi connectivity index (χ1v) is 7.20. The van der Waals surface area contributed by atoms with Gasteiger partial charge in [-0.05, 0) is 49.6 Å². The molecule has 0 saturated heterocycles. The summed E-state index contributed by atoms with van der Waals surface area (Å²) >= 11 is 0. The lowest BCUT2D eigenvalue weighted by Crippen LogP contribution is -2.32. The monoisotopic (exact) mass is 283 g/mol.